The SMILES string of the molecule is Clc1ncnc(OCC2CCCCC2)n1. The van der Waals surface area contributed by atoms with Crippen LogP contribution in [-0.2, 0) is 0 Å². The number of ether oxygens (including phenoxy) is 1. The van der Waals surface area contributed by atoms with Crippen molar-refractivity contribution in [3.63, 3.8) is 0 Å². The summed E-state index contributed by atoms with van der Waals surface area (Å²) < 4.78 is 5.48. The largest absolute Gasteiger partial charge is 0.463 e. The van der Waals surface area contributed by atoms with Crippen molar-refractivity contribution in [2.24, 2.45) is 5.92 Å². The molecule has 1 aromatic heterocycles. The molecule has 1 saturated carbocycles. The monoisotopic (exact) mass is 227 g/mol. The Morgan fingerprint density at radius 2 is 2.07 bits per heavy atom. The second-order valence-electron chi connectivity index (χ2n) is 3.85. The third kappa shape index (κ3) is 3.30. The van der Waals surface area contributed by atoms with E-state index in [-0.39, 0.29) is 5.28 Å². The lowest BCUT2D eigenvalue weighted by atomic mass is 9.90. The summed E-state index contributed by atoms with van der Waals surface area (Å²) in [5, 5.41) is 0.184. The molecule has 0 unspecified atom stereocenters. The lowest BCUT2D eigenvalue weighted by Crippen LogP contribution is -2.16. The fraction of sp³-hybridized carbons (Fsp3) is 0.700. The van der Waals surface area contributed by atoms with Gasteiger partial charge in [-0.3, -0.25) is 0 Å². The average molecular weight is 228 g/mol. The molecule has 0 N–H and O–H groups in total. The molecule has 1 heterocycles. The van der Waals surface area contributed by atoms with E-state index in [1.807, 2.05) is 0 Å². The molecule has 0 amide bonds. The number of hydrogen-bond donors (Lipinski definition) is 0. The van der Waals surface area contributed by atoms with Crippen molar-refractivity contribution in [2.75, 3.05) is 6.61 Å². The van der Waals surface area contributed by atoms with Crippen LogP contribution in [0.2, 0.25) is 5.28 Å². The van der Waals surface area contributed by atoms with Crippen molar-refractivity contribution in [3.05, 3.63) is 11.6 Å². The van der Waals surface area contributed by atoms with Gasteiger partial charge in [-0.25, -0.2) is 4.98 Å². The van der Waals surface area contributed by atoms with E-state index in [0.29, 0.717) is 18.5 Å². The maximum absolute atomic E-state index is 5.62. The van der Waals surface area contributed by atoms with Gasteiger partial charge in [0.25, 0.3) is 0 Å². The molecule has 0 radical (unpaired) electrons. The second kappa shape index (κ2) is 5.26. The Bertz CT molecular complexity index is 315. The lowest BCUT2D eigenvalue weighted by molar-refractivity contribution is 0.196. The van der Waals surface area contributed by atoms with Crippen molar-refractivity contribution in [3.8, 4) is 6.01 Å². The predicted octanol–water partition coefficient (Wildman–Crippen LogP) is 2.48. The van der Waals surface area contributed by atoms with Gasteiger partial charge in [0, 0.05) is 0 Å². The first-order chi connectivity index (χ1) is 7.34. The minimum Gasteiger partial charge on any atom is -0.463 e. The molecule has 4 nitrogen and oxygen atoms in total. The molecule has 0 bridgehead atoms. The summed E-state index contributed by atoms with van der Waals surface area (Å²) in [6.45, 7) is 0.695. The van der Waals surface area contributed by atoms with Crippen molar-refractivity contribution in [1.29, 1.82) is 0 Å². The highest BCUT2D eigenvalue weighted by molar-refractivity contribution is 6.28. The van der Waals surface area contributed by atoms with E-state index in [4.69, 9.17) is 16.3 Å². The van der Waals surface area contributed by atoms with Crippen LogP contribution in [0, 0.1) is 5.92 Å². The zero-order valence-electron chi connectivity index (χ0n) is 8.53. The number of aromatic nitrogens is 3. The molecule has 1 aliphatic carbocycles. The van der Waals surface area contributed by atoms with Crippen LogP contribution < -0.4 is 4.74 Å². The van der Waals surface area contributed by atoms with Gasteiger partial charge in [-0.05, 0) is 30.4 Å². The number of hydrogen-bond acceptors (Lipinski definition) is 4. The van der Waals surface area contributed by atoms with Gasteiger partial charge in [0.2, 0.25) is 5.28 Å². The first-order valence-electron chi connectivity index (χ1n) is 5.32. The molecule has 0 aliphatic heterocycles. The highest BCUT2D eigenvalue weighted by atomic mass is 35.5. The summed E-state index contributed by atoms with van der Waals surface area (Å²) in [5.41, 5.74) is 0. The predicted molar refractivity (Wildman–Crippen MR) is 56.9 cm³/mol. The van der Waals surface area contributed by atoms with Crippen molar-refractivity contribution in [1.82, 2.24) is 15.0 Å². The third-order valence-electron chi connectivity index (χ3n) is 2.69. The van der Waals surface area contributed by atoms with Crippen LogP contribution in [0.4, 0.5) is 0 Å². The Hall–Kier alpha value is -0.900. The highest BCUT2D eigenvalue weighted by Crippen LogP contribution is 2.23. The molecule has 0 saturated heterocycles. The number of halogens is 1. The molecule has 5 heteroatoms. The van der Waals surface area contributed by atoms with Crippen molar-refractivity contribution in [2.45, 2.75) is 32.1 Å². The Balaban J connectivity index is 1.81. The zero-order valence-corrected chi connectivity index (χ0v) is 9.28. The van der Waals surface area contributed by atoms with Crippen LogP contribution in [0.25, 0.3) is 0 Å². The van der Waals surface area contributed by atoms with Gasteiger partial charge < -0.3 is 4.74 Å². The van der Waals surface area contributed by atoms with Gasteiger partial charge in [0.1, 0.15) is 6.33 Å². The van der Waals surface area contributed by atoms with Gasteiger partial charge >= 0.3 is 6.01 Å². The van der Waals surface area contributed by atoms with E-state index < -0.39 is 0 Å². The molecular formula is C10H14ClN3O. The average Bonchev–Trinajstić information content (AvgIpc) is 2.28. The minimum absolute atomic E-state index is 0.184. The van der Waals surface area contributed by atoms with Gasteiger partial charge in [-0.1, -0.05) is 19.3 Å². The summed E-state index contributed by atoms with van der Waals surface area (Å²) in [7, 11) is 0. The van der Waals surface area contributed by atoms with E-state index in [0.717, 1.165) is 0 Å². The maximum atomic E-state index is 5.62. The lowest BCUT2D eigenvalue weighted by Gasteiger charge is -2.20. The summed E-state index contributed by atoms with van der Waals surface area (Å²) in [6, 6.07) is 0.334. The molecule has 15 heavy (non-hydrogen) atoms. The van der Waals surface area contributed by atoms with Gasteiger partial charge in [0.05, 0.1) is 6.61 Å². The van der Waals surface area contributed by atoms with Crippen LogP contribution in [-0.4, -0.2) is 21.6 Å². The molecule has 82 valence electrons. The molecule has 1 fully saturated rings. The first kappa shape index (κ1) is 10.6. The van der Waals surface area contributed by atoms with Gasteiger partial charge in [-0.15, -0.1) is 0 Å². The maximum Gasteiger partial charge on any atom is 0.320 e. The van der Waals surface area contributed by atoms with E-state index in [1.165, 1.54) is 38.4 Å². The molecule has 0 atom stereocenters. The Morgan fingerprint density at radius 1 is 1.27 bits per heavy atom. The van der Waals surface area contributed by atoms with E-state index in [9.17, 15) is 0 Å². The molecule has 1 aromatic rings. The van der Waals surface area contributed by atoms with Crippen LogP contribution in [0.3, 0.4) is 0 Å². The smallest absolute Gasteiger partial charge is 0.320 e. The molecule has 0 spiro atoms. The van der Waals surface area contributed by atoms with Gasteiger partial charge in [-0.2, -0.15) is 9.97 Å². The van der Waals surface area contributed by atoms with Crippen molar-refractivity contribution >= 4 is 11.6 Å². The number of nitrogens with zero attached hydrogens (tertiary/aromatic N) is 3. The van der Waals surface area contributed by atoms with Crippen LogP contribution in [0.15, 0.2) is 6.33 Å². The number of rotatable bonds is 3. The van der Waals surface area contributed by atoms with E-state index in [1.54, 1.807) is 0 Å². The fourth-order valence-electron chi connectivity index (χ4n) is 1.88. The summed E-state index contributed by atoms with van der Waals surface area (Å²) in [6.07, 6.45) is 7.84. The Kier molecular flexibility index (Phi) is 3.72. The van der Waals surface area contributed by atoms with Gasteiger partial charge in [0.15, 0.2) is 0 Å². The van der Waals surface area contributed by atoms with Crippen LogP contribution >= 0.6 is 11.6 Å². The van der Waals surface area contributed by atoms with Crippen LogP contribution in [0.5, 0.6) is 6.01 Å². The molecule has 0 aromatic carbocycles. The fourth-order valence-corrected chi connectivity index (χ4v) is 1.99. The van der Waals surface area contributed by atoms with E-state index in [2.05, 4.69) is 15.0 Å². The normalized spacial score (nSPS) is 17.7. The Morgan fingerprint density at radius 3 is 2.80 bits per heavy atom. The Labute approximate surface area is 94.1 Å². The highest BCUT2D eigenvalue weighted by Gasteiger charge is 2.14. The zero-order chi connectivity index (χ0) is 10.5. The molecule has 2 rings (SSSR count). The van der Waals surface area contributed by atoms with Crippen LogP contribution in [0.1, 0.15) is 32.1 Å². The summed E-state index contributed by atoms with van der Waals surface area (Å²) >= 11 is 5.62. The molecular weight excluding hydrogens is 214 g/mol. The quantitative estimate of drug-likeness (QED) is 0.796. The third-order valence-corrected chi connectivity index (χ3v) is 2.88. The standard InChI is InChI=1S/C10H14ClN3O/c11-9-12-7-13-10(14-9)15-6-8-4-2-1-3-5-8/h7-8H,1-6H2. The minimum atomic E-state index is 0.184. The van der Waals surface area contributed by atoms with E-state index >= 15 is 0 Å². The first-order valence-corrected chi connectivity index (χ1v) is 5.70. The summed E-state index contributed by atoms with van der Waals surface area (Å²) in [4.78, 5) is 11.5. The molecule has 1 aliphatic rings. The van der Waals surface area contributed by atoms with Crippen molar-refractivity contribution < 1.29 is 4.74 Å². The summed E-state index contributed by atoms with van der Waals surface area (Å²) in [5.74, 6) is 0.647. The second-order valence-corrected chi connectivity index (χ2v) is 4.19. The topological polar surface area (TPSA) is 47.9 Å².